The summed E-state index contributed by atoms with van der Waals surface area (Å²) in [6.07, 6.45) is 3.35. The van der Waals surface area contributed by atoms with Gasteiger partial charge in [0.15, 0.2) is 0 Å². The van der Waals surface area contributed by atoms with Crippen LogP contribution < -0.4 is 14.2 Å². The Labute approximate surface area is 102 Å². The molecule has 0 N–H and O–H groups in total. The van der Waals surface area contributed by atoms with Gasteiger partial charge in [0.1, 0.15) is 0 Å². The molecule has 0 spiro atoms. The van der Waals surface area contributed by atoms with Gasteiger partial charge < -0.3 is 14.2 Å². The Hall–Kier alpha value is -1.52. The topological polar surface area (TPSA) is 53.5 Å². The lowest BCUT2D eigenvalue weighted by atomic mass is 10.2. The molecule has 1 unspecified atom stereocenters. The summed E-state index contributed by atoms with van der Waals surface area (Å²) in [5, 5.41) is 0. The minimum Gasteiger partial charge on any atom is -0.481 e. The van der Waals surface area contributed by atoms with E-state index in [1.807, 2.05) is 6.92 Å². The van der Waals surface area contributed by atoms with Crippen LogP contribution >= 0.6 is 0 Å². The number of aromatic nitrogens is 2. The van der Waals surface area contributed by atoms with Crippen molar-refractivity contribution in [2.24, 2.45) is 0 Å². The van der Waals surface area contributed by atoms with E-state index in [0.29, 0.717) is 17.8 Å². The Balaban J connectivity index is 2.68. The van der Waals surface area contributed by atoms with Crippen molar-refractivity contribution in [3.8, 4) is 17.8 Å². The predicted molar refractivity (Wildman–Crippen MR) is 64.8 cm³/mol. The number of nitrogens with zero attached hydrogens (tertiary/aromatic N) is 2. The first kappa shape index (κ1) is 13.5. The SMILES string of the molecule is CCCCC(C)Oc1nc(OC)cc(OC)n1. The van der Waals surface area contributed by atoms with E-state index in [1.54, 1.807) is 20.3 Å². The van der Waals surface area contributed by atoms with E-state index >= 15 is 0 Å². The molecule has 0 radical (unpaired) electrons. The van der Waals surface area contributed by atoms with Gasteiger partial charge >= 0.3 is 6.01 Å². The second-order valence-electron chi connectivity index (χ2n) is 3.81. The molecule has 0 aliphatic carbocycles. The summed E-state index contributed by atoms with van der Waals surface area (Å²) in [5.74, 6) is 0.879. The van der Waals surface area contributed by atoms with Crippen molar-refractivity contribution in [3.05, 3.63) is 6.07 Å². The van der Waals surface area contributed by atoms with E-state index in [0.717, 1.165) is 19.3 Å². The molecule has 0 aromatic carbocycles. The first-order valence-electron chi connectivity index (χ1n) is 5.83. The lowest BCUT2D eigenvalue weighted by Crippen LogP contribution is -2.13. The zero-order valence-corrected chi connectivity index (χ0v) is 10.9. The van der Waals surface area contributed by atoms with Gasteiger partial charge in [0.05, 0.1) is 26.4 Å². The number of rotatable bonds is 7. The van der Waals surface area contributed by atoms with E-state index in [-0.39, 0.29) is 6.10 Å². The normalized spacial score (nSPS) is 12.0. The Bertz CT molecular complexity index is 322. The fourth-order valence-electron chi connectivity index (χ4n) is 1.38. The molecule has 1 rings (SSSR count). The molecule has 0 amide bonds. The van der Waals surface area contributed by atoms with Crippen LogP contribution in [0.1, 0.15) is 33.1 Å². The van der Waals surface area contributed by atoms with Gasteiger partial charge in [0.2, 0.25) is 11.8 Å². The second-order valence-corrected chi connectivity index (χ2v) is 3.81. The van der Waals surface area contributed by atoms with Crippen molar-refractivity contribution in [2.75, 3.05) is 14.2 Å². The summed E-state index contributed by atoms with van der Waals surface area (Å²) in [6.45, 7) is 4.16. The van der Waals surface area contributed by atoms with Gasteiger partial charge in [0.25, 0.3) is 0 Å². The lowest BCUT2D eigenvalue weighted by Gasteiger charge is -2.13. The van der Waals surface area contributed by atoms with Crippen molar-refractivity contribution >= 4 is 0 Å². The average Bonchev–Trinajstić information content (AvgIpc) is 2.35. The smallest absolute Gasteiger partial charge is 0.323 e. The van der Waals surface area contributed by atoms with E-state index in [2.05, 4.69) is 16.9 Å². The highest BCUT2D eigenvalue weighted by Crippen LogP contribution is 2.20. The fourth-order valence-corrected chi connectivity index (χ4v) is 1.38. The molecule has 5 nitrogen and oxygen atoms in total. The van der Waals surface area contributed by atoms with Crippen LogP contribution in [0.5, 0.6) is 17.8 Å². The second kappa shape index (κ2) is 6.93. The molecule has 5 heteroatoms. The molecule has 1 aromatic rings. The van der Waals surface area contributed by atoms with Gasteiger partial charge in [-0.3, -0.25) is 0 Å². The number of hydrogen-bond acceptors (Lipinski definition) is 5. The highest BCUT2D eigenvalue weighted by Gasteiger charge is 2.10. The van der Waals surface area contributed by atoms with E-state index in [9.17, 15) is 0 Å². The molecule has 0 saturated heterocycles. The van der Waals surface area contributed by atoms with Crippen molar-refractivity contribution in [1.82, 2.24) is 9.97 Å². The van der Waals surface area contributed by atoms with Crippen LogP contribution in [0.2, 0.25) is 0 Å². The van der Waals surface area contributed by atoms with Gasteiger partial charge in [-0.05, 0) is 13.3 Å². The van der Waals surface area contributed by atoms with Crippen LogP contribution in [0.4, 0.5) is 0 Å². The quantitative estimate of drug-likeness (QED) is 0.732. The fraction of sp³-hybridized carbons (Fsp3) is 0.667. The van der Waals surface area contributed by atoms with Gasteiger partial charge in [-0.15, -0.1) is 0 Å². The van der Waals surface area contributed by atoms with E-state index < -0.39 is 0 Å². The summed E-state index contributed by atoms with van der Waals surface area (Å²) < 4.78 is 15.7. The summed E-state index contributed by atoms with van der Waals surface area (Å²) in [6, 6.07) is 1.91. The molecule has 0 fully saturated rings. The van der Waals surface area contributed by atoms with Crippen molar-refractivity contribution in [1.29, 1.82) is 0 Å². The zero-order chi connectivity index (χ0) is 12.7. The van der Waals surface area contributed by atoms with Crippen LogP contribution in [-0.4, -0.2) is 30.3 Å². The number of methoxy groups -OCH3 is 2. The van der Waals surface area contributed by atoms with Gasteiger partial charge in [-0.25, -0.2) is 0 Å². The third-order valence-electron chi connectivity index (χ3n) is 2.35. The minimum absolute atomic E-state index is 0.0896. The summed E-state index contributed by atoms with van der Waals surface area (Å²) in [4.78, 5) is 8.22. The Morgan fingerprint density at radius 2 is 1.76 bits per heavy atom. The van der Waals surface area contributed by atoms with Crippen LogP contribution in [0.25, 0.3) is 0 Å². The van der Waals surface area contributed by atoms with Crippen molar-refractivity contribution in [2.45, 2.75) is 39.2 Å². The molecular formula is C12H20N2O3. The third kappa shape index (κ3) is 4.46. The van der Waals surface area contributed by atoms with Crippen molar-refractivity contribution < 1.29 is 14.2 Å². The highest BCUT2D eigenvalue weighted by atomic mass is 16.5. The Morgan fingerprint density at radius 1 is 1.18 bits per heavy atom. The zero-order valence-electron chi connectivity index (χ0n) is 10.9. The first-order chi connectivity index (χ1) is 8.19. The largest absolute Gasteiger partial charge is 0.481 e. The number of unbranched alkanes of at least 4 members (excludes halogenated alkanes) is 1. The standard InChI is InChI=1S/C12H20N2O3/c1-5-6-7-9(2)17-12-13-10(15-3)8-11(14-12)16-4/h8-9H,5-7H2,1-4H3. The predicted octanol–water partition coefficient (Wildman–Crippen LogP) is 2.45. The Kier molecular flexibility index (Phi) is 5.52. The molecule has 17 heavy (non-hydrogen) atoms. The molecule has 0 aliphatic rings. The van der Waals surface area contributed by atoms with Crippen LogP contribution in [0, 0.1) is 0 Å². The maximum absolute atomic E-state index is 5.62. The first-order valence-corrected chi connectivity index (χ1v) is 5.83. The molecule has 1 heterocycles. The monoisotopic (exact) mass is 240 g/mol. The Morgan fingerprint density at radius 3 is 2.24 bits per heavy atom. The molecular weight excluding hydrogens is 220 g/mol. The molecule has 1 aromatic heterocycles. The van der Waals surface area contributed by atoms with E-state index in [4.69, 9.17) is 14.2 Å². The van der Waals surface area contributed by atoms with Crippen LogP contribution in [0.3, 0.4) is 0 Å². The molecule has 0 bridgehead atoms. The summed E-state index contributed by atoms with van der Waals surface area (Å²) in [7, 11) is 3.10. The van der Waals surface area contributed by atoms with Crippen molar-refractivity contribution in [3.63, 3.8) is 0 Å². The van der Waals surface area contributed by atoms with Crippen LogP contribution in [-0.2, 0) is 0 Å². The molecule has 1 atom stereocenters. The third-order valence-corrected chi connectivity index (χ3v) is 2.35. The summed E-state index contributed by atoms with van der Waals surface area (Å²) in [5.41, 5.74) is 0. The van der Waals surface area contributed by atoms with Crippen LogP contribution in [0.15, 0.2) is 6.07 Å². The number of ether oxygens (including phenoxy) is 3. The van der Waals surface area contributed by atoms with Gasteiger partial charge in [0, 0.05) is 0 Å². The lowest BCUT2D eigenvalue weighted by molar-refractivity contribution is 0.185. The summed E-state index contributed by atoms with van der Waals surface area (Å²) >= 11 is 0. The van der Waals surface area contributed by atoms with E-state index in [1.165, 1.54) is 0 Å². The van der Waals surface area contributed by atoms with Gasteiger partial charge in [-0.1, -0.05) is 19.8 Å². The molecule has 0 saturated carbocycles. The average molecular weight is 240 g/mol. The molecule has 96 valence electrons. The maximum Gasteiger partial charge on any atom is 0.323 e. The minimum atomic E-state index is 0.0896. The maximum atomic E-state index is 5.62. The van der Waals surface area contributed by atoms with Gasteiger partial charge in [-0.2, -0.15) is 9.97 Å². The molecule has 0 aliphatic heterocycles. The highest BCUT2D eigenvalue weighted by molar-refractivity contribution is 5.22. The number of hydrogen-bond donors (Lipinski definition) is 0.